The third-order valence-electron chi connectivity index (χ3n) is 4.21. The summed E-state index contributed by atoms with van der Waals surface area (Å²) in [5, 5.41) is 3.30. The van der Waals surface area contributed by atoms with E-state index in [1.807, 2.05) is 24.4 Å². The van der Waals surface area contributed by atoms with Crippen LogP contribution in [0.1, 0.15) is 0 Å². The van der Waals surface area contributed by atoms with Crippen molar-refractivity contribution in [3.8, 4) is 5.75 Å². The molecule has 0 unspecified atom stereocenters. The molecule has 6 nitrogen and oxygen atoms in total. The maximum atomic E-state index is 13.1. The van der Waals surface area contributed by atoms with Crippen molar-refractivity contribution < 1.29 is 9.13 Å². The van der Waals surface area contributed by atoms with Gasteiger partial charge >= 0.3 is 0 Å². The van der Waals surface area contributed by atoms with Gasteiger partial charge in [0.15, 0.2) is 5.96 Å². The summed E-state index contributed by atoms with van der Waals surface area (Å²) >= 11 is 0. The molecule has 0 atom stereocenters. The first kappa shape index (κ1) is 21.2. The summed E-state index contributed by atoms with van der Waals surface area (Å²) in [6.07, 6.45) is 1.82. The number of piperazine rings is 1. The van der Waals surface area contributed by atoms with E-state index in [0.717, 1.165) is 38.0 Å². The number of aromatic nitrogens is 1. The number of halogens is 2. The van der Waals surface area contributed by atoms with Crippen LogP contribution in [0.4, 0.5) is 10.2 Å². The summed E-state index contributed by atoms with van der Waals surface area (Å²) in [4.78, 5) is 13.3. The summed E-state index contributed by atoms with van der Waals surface area (Å²) in [5.41, 5.74) is 0. The molecule has 1 N–H and O–H groups in total. The molecule has 3 rings (SSSR count). The highest BCUT2D eigenvalue weighted by atomic mass is 127. The molecule has 1 aromatic heterocycles. The Hall–Kier alpha value is -2.10. The van der Waals surface area contributed by atoms with Gasteiger partial charge in [-0.3, -0.25) is 4.99 Å². The molecule has 2 heterocycles. The monoisotopic (exact) mass is 485 g/mol. The molecule has 0 spiro atoms. The third kappa shape index (κ3) is 6.23. The molecule has 0 aliphatic carbocycles. The normalized spacial score (nSPS) is 14.5. The van der Waals surface area contributed by atoms with Crippen molar-refractivity contribution in [2.45, 2.75) is 0 Å². The van der Waals surface area contributed by atoms with E-state index in [2.05, 4.69) is 25.1 Å². The Balaban J connectivity index is 0.00000261. The van der Waals surface area contributed by atoms with Gasteiger partial charge in [-0.05, 0) is 24.3 Å². The quantitative estimate of drug-likeness (QED) is 0.306. The molecule has 0 bridgehead atoms. The molecule has 1 fully saturated rings. The second-order valence-corrected chi connectivity index (χ2v) is 5.94. The zero-order valence-electron chi connectivity index (χ0n) is 15.3. The van der Waals surface area contributed by atoms with E-state index in [1.54, 1.807) is 19.2 Å². The number of nitrogens with one attached hydrogen (secondary N) is 1. The SMILES string of the molecule is CN=C(NCCOc1cccc(F)c1)N1CCN(c2ccccn2)CC1.I. The number of anilines is 1. The highest BCUT2D eigenvalue weighted by molar-refractivity contribution is 14.0. The van der Waals surface area contributed by atoms with E-state index in [1.165, 1.54) is 12.1 Å². The minimum atomic E-state index is -0.294. The molecular weight excluding hydrogens is 460 g/mol. The van der Waals surface area contributed by atoms with Crippen LogP contribution in [0.3, 0.4) is 0 Å². The second kappa shape index (κ2) is 10.9. The average Bonchev–Trinajstić information content (AvgIpc) is 2.69. The molecule has 2 aromatic rings. The number of rotatable bonds is 5. The van der Waals surface area contributed by atoms with Crippen molar-refractivity contribution in [3.05, 3.63) is 54.5 Å². The molecule has 1 saturated heterocycles. The summed E-state index contributed by atoms with van der Waals surface area (Å²) in [6.45, 7) is 4.59. The van der Waals surface area contributed by atoms with Crippen LogP contribution >= 0.6 is 24.0 Å². The number of hydrogen-bond acceptors (Lipinski definition) is 4. The molecule has 1 aromatic carbocycles. The number of benzene rings is 1. The number of guanidine groups is 1. The second-order valence-electron chi connectivity index (χ2n) is 5.94. The lowest BCUT2D eigenvalue weighted by atomic mass is 10.3. The van der Waals surface area contributed by atoms with Gasteiger partial charge in [0.25, 0.3) is 0 Å². The van der Waals surface area contributed by atoms with Gasteiger partial charge in [-0.15, -0.1) is 24.0 Å². The summed E-state index contributed by atoms with van der Waals surface area (Å²) < 4.78 is 18.7. The predicted octanol–water partition coefficient (Wildman–Crippen LogP) is 2.62. The zero-order chi connectivity index (χ0) is 18.2. The molecule has 0 radical (unpaired) electrons. The fraction of sp³-hybridized carbons (Fsp3) is 0.368. The fourth-order valence-corrected chi connectivity index (χ4v) is 2.91. The fourth-order valence-electron chi connectivity index (χ4n) is 2.91. The highest BCUT2D eigenvalue weighted by Gasteiger charge is 2.20. The smallest absolute Gasteiger partial charge is 0.193 e. The van der Waals surface area contributed by atoms with Gasteiger partial charge in [0.2, 0.25) is 0 Å². The number of nitrogens with zero attached hydrogens (tertiary/aromatic N) is 4. The molecule has 0 saturated carbocycles. The maximum Gasteiger partial charge on any atom is 0.193 e. The minimum absolute atomic E-state index is 0. The van der Waals surface area contributed by atoms with Crippen LogP contribution < -0.4 is 15.0 Å². The highest BCUT2D eigenvalue weighted by Crippen LogP contribution is 2.13. The van der Waals surface area contributed by atoms with Crippen LogP contribution in [0, 0.1) is 5.82 Å². The van der Waals surface area contributed by atoms with Crippen molar-refractivity contribution in [1.29, 1.82) is 0 Å². The summed E-state index contributed by atoms with van der Waals surface area (Å²) in [6, 6.07) is 12.1. The molecule has 27 heavy (non-hydrogen) atoms. The number of pyridine rings is 1. The molecule has 8 heteroatoms. The first-order valence-corrected chi connectivity index (χ1v) is 8.76. The van der Waals surface area contributed by atoms with Gasteiger partial charge in [0.1, 0.15) is 24.0 Å². The standard InChI is InChI=1S/C19H24FN5O.HI/c1-21-19(23-9-14-26-17-6-4-5-16(20)15-17)25-12-10-24(11-13-25)18-7-2-3-8-22-18;/h2-8,15H,9-14H2,1H3,(H,21,23);1H. The zero-order valence-corrected chi connectivity index (χ0v) is 17.7. The van der Waals surface area contributed by atoms with Crippen LogP contribution in [-0.4, -0.2) is 62.2 Å². The van der Waals surface area contributed by atoms with Gasteiger partial charge in [0, 0.05) is 45.5 Å². The first-order valence-electron chi connectivity index (χ1n) is 8.76. The van der Waals surface area contributed by atoms with Crippen molar-refractivity contribution in [2.75, 3.05) is 51.3 Å². The Bertz CT molecular complexity index is 723. The van der Waals surface area contributed by atoms with Crippen LogP contribution in [0.15, 0.2) is 53.7 Å². The maximum absolute atomic E-state index is 13.1. The van der Waals surface area contributed by atoms with Crippen molar-refractivity contribution >= 4 is 35.8 Å². The van der Waals surface area contributed by atoms with E-state index in [9.17, 15) is 4.39 Å². The number of aliphatic imine (C=N–C) groups is 1. The average molecular weight is 485 g/mol. The van der Waals surface area contributed by atoms with Crippen LogP contribution in [-0.2, 0) is 0 Å². The number of hydrogen-bond donors (Lipinski definition) is 1. The van der Waals surface area contributed by atoms with Gasteiger partial charge in [-0.2, -0.15) is 0 Å². The van der Waals surface area contributed by atoms with E-state index in [0.29, 0.717) is 18.9 Å². The lowest BCUT2D eigenvalue weighted by molar-refractivity contribution is 0.313. The molecule has 146 valence electrons. The Morgan fingerprint density at radius 3 is 2.67 bits per heavy atom. The van der Waals surface area contributed by atoms with E-state index < -0.39 is 0 Å². The minimum Gasteiger partial charge on any atom is -0.492 e. The lowest BCUT2D eigenvalue weighted by Gasteiger charge is -2.37. The van der Waals surface area contributed by atoms with Gasteiger partial charge in [-0.25, -0.2) is 9.37 Å². The summed E-state index contributed by atoms with van der Waals surface area (Å²) in [5.74, 6) is 2.11. The van der Waals surface area contributed by atoms with Crippen molar-refractivity contribution in [1.82, 2.24) is 15.2 Å². The van der Waals surface area contributed by atoms with Crippen LogP contribution in [0.25, 0.3) is 0 Å². The van der Waals surface area contributed by atoms with Gasteiger partial charge in [-0.1, -0.05) is 12.1 Å². The molecule has 1 aliphatic heterocycles. The van der Waals surface area contributed by atoms with E-state index in [4.69, 9.17) is 4.74 Å². The van der Waals surface area contributed by atoms with E-state index in [-0.39, 0.29) is 29.8 Å². The Morgan fingerprint density at radius 2 is 2.00 bits per heavy atom. The Kier molecular flexibility index (Phi) is 8.56. The largest absolute Gasteiger partial charge is 0.492 e. The molecular formula is C19H25FIN5O. The number of ether oxygens (including phenoxy) is 1. The lowest BCUT2D eigenvalue weighted by Crippen LogP contribution is -2.53. The Labute approximate surface area is 176 Å². The molecule has 0 amide bonds. The van der Waals surface area contributed by atoms with Crippen LogP contribution in [0.5, 0.6) is 5.75 Å². The van der Waals surface area contributed by atoms with Crippen LogP contribution in [0.2, 0.25) is 0 Å². The molecule has 1 aliphatic rings. The van der Waals surface area contributed by atoms with Crippen molar-refractivity contribution in [2.24, 2.45) is 4.99 Å². The first-order chi connectivity index (χ1) is 12.8. The van der Waals surface area contributed by atoms with E-state index >= 15 is 0 Å². The third-order valence-corrected chi connectivity index (χ3v) is 4.21. The van der Waals surface area contributed by atoms with Crippen molar-refractivity contribution in [3.63, 3.8) is 0 Å². The topological polar surface area (TPSA) is 53.0 Å². The van der Waals surface area contributed by atoms with Gasteiger partial charge < -0.3 is 19.9 Å². The van der Waals surface area contributed by atoms with Gasteiger partial charge in [0.05, 0.1) is 6.54 Å². The summed E-state index contributed by atoms with van der Waals surface area (Å²) in [7, 11) is 1.78. The Morgan fingerprint density at radius 1 is 1.19 bits per heavy atom. The predicted molar refractivity (Wildman–Crippen MR) is 117 cm³/mol.